The average molecular weight is 299 g/mol. The lowest BCUT2D eigenvalue weighted by molar-refractivity contribution is 0.111. The van der Waals surface area contributed by atoms with Crippen LogP contribution in [0.1, 0.15) is 16.9 Å². The van der Waals surface area contributed by atoms with Gasteiger partial charge >= 0.3 is 0 Å². The lowest BCUT2D eigenvalue weighted by atomic mass is 10.1. The van der Waals surface area contributed by atoms with E-state index in [4.69, 9.17) is 22.7 Å². The van der Waals surface area contributed by atoms with Gasteiger partial charge in [-0.15, -0.1) is 0 Å². The van der Waals surface area contributed by atoms with Crippen molar-refractivity contribution in [3.63, 3.8) is 0 Å². The van der Waals surface area contributed by atoms with Crippen molar-refractivity contribution in [1.29, 1.82) is 5.41 Å². The van der Waals surface area contributed by atoms with Crippen LogP contribution in [0.4, 0.5) is 0 Å². The molecule has 0 unspecified atom stereocenters. The summed E-state index contributed by atoms with van der Waals surface area (Å²) in [6, 6.07) is 1.77. The first-order valence-electron chi connectivity index (χ1n) is 5.78. The van der Waals surface area contributed by atoms with Gasteiger partial charge in [0, 0.05) is 44.0 Å². The summed E-state index contributed by atoms with van der Waals surface area (Å²) in [5.41, 5.74) is 8.00. The van der Waals surface area contributed by atoms with E-state index in [1.807, 2.05) is 0 Å². The van der Waals surface area contributed by atoms with Crippen LogP contribution in [0.2, 0.25) is 5.15 Å². The van der Waals surface area contributed by atoms with Gasteiger partial charge in [-0.1, -0.05) is 11.6 Å². The van der Waals surface area contributed by atoms with E-state index in [2.05, 4.69) is 4.31 Å². The fourth-order valence-corrected chi connectivity index (χ4v) is 3.18. The summed E-state index contributed by atoms with van der Waals surface area (Å²) in [6.07, 6.45) is 2.82. The van der Waals surface area contributed by atoms with E-state index in [1.54, 1.807) is 17.7 Å². The zero-order valence-electron chi connectivity index (χ0n) is 10.5. The molecule has 1 aromatic heterocycles. The molecule has 0 aromatic carbocycles. The minimum absolute atomic E-state index is 0.547. The smallest absolute Gasteiger partial charge is 0.166 e. The maximum absolute atomic E-state index is 10.9. The molecule has 0 bridgehead atoms. The van der Waals surface area contributed by atoms with Crippen molar-refractivity contribution in [2.45, 2.75) is 11.3 Å². The Balaban J connectivity index is 2.15. The molecule has 102 valence electrons. The number of halogens is 1. The number of carbonyl (C=O) groups excluding carboxylic acids is 1. The van der Waals surface area contributed by atoms with Crippen molar-refractivity contribution >= 4 is 36.0 Å². The molecule has 0 radical (unpaired) electrons. The largest absolute Gasteiger partial charge is 0.402 e. The standard InChI is InChI=1S/C12H15ClN4OS/c1-16-9(7-18)4-11(12(16)13)19-17-3-2-10(15)8(5-14)6-17/h4-5,7,14H,2-3,6,15H2,1H3. The number of aldehydes is 1. The summed E-state index contributed by atoms with van der Waals surface area (Å²) in [7, 11) is 1.76. The highest BCUT2D eigenvalue weighted by Gasteiger charge is 2.20. The molecule has 1 aliphatic heterocycles. The third-order valence-electron chi connectivity index (χ3n) is 3.08. The van der Waals surface area contributed by atoms with Gasteiger partial charge in [0.15, 0.2) is 6.29 Å². The van der Waals surface area contributed by atoms with Gasteiger partial charge in [-0.2, -0.15) is 0 Å². The van der Waals surface area contributed by atoms with Crippen LogP contribution in [-0.2, 0) is 7.05 Å². The van der Waals surface area contributed by atoms with Crippen LogP contribution in [0, 0.1) is 5.41 Å². The van der Waals surface area contributed by atoms with Gasteiger partial charge in [-0.25, -0.2) is 4.31 Å². The zero-order valence-corrected chi connectivity index (χ0v) is 12.1. The molecule has 7 heteroatoms. The van der Waals surface area contributed by atoms with Crippen LogP contribution >= 0.6 is 23.5 Å². The Bertz CT molecular complexity index is 552. The van der Waals surface area contributed by atoms with Crippen LogP contribution < -0.4 is 5.73 Å². The molecule has 1 aromatic rings. The second-order valence-corrected chi connectivity index (χ2v) is 5.80. The predicted molar refractivity (Wildman–Crippen MR) is 77.9 cm³/mol. The Hall–Kier alpha value is -1.24. The van der Waals surface area contributed by atoms with Crippen LogP contribution in [0.3, 0.4) is 0 Å². The first kappa shape index (κ1) is 14.2. The van der Waals surface area contributed by atoms with Crippen molar-refractivity contribution in [2.75, 3.05) is 13.1 Å². The van der Waals surface area contributed by atoms with E-state index in [-0.39, 0.29) is 0 Å². The summed E-state index contributed by atoms with van der Waals surface area (Å²) in [5, 5.41) is 7.88. The summed E-state index contributed by atoms with van der Waals surface area (Å²) >= 11 is 7.68. The normalized spacial score (nSPS) is 16.7. The van der Waals surface area contributed by atoms with E-state index in [0.717, 1.165) is 35.4 Å². The topological polar surface area (TPSA) is 75.1 Å². The lowest BCUT2D eigenvalue weighted by Gasteiger charge is -2.26. The molecule has 1 aliphatic rings. The molecule has 0 saturated carbocycles. The van der Waals surface area contributed by atoms with E-state index in [9.17, 15) is 4.79 Å². The van der Waals surface area contributed by atoms with E-state index in [1.165, 1.54) is 18.2 Å². The second-order valence-electron chi connectivity index (χ2n) is 4.30. The molecule has 19 heavy (non-hydrogen) atoms. The quantitative estimate of drug-likeness (QED) is 0.507. The maximum Gasteiger partial charge on any atom is 0.166 e. The van der Waals surface area contributed by atoms with E-state index < -0.39 is 0 Å². The van der Waals surface area contributed by atoms with Crippen molar-refractivity contribution in [1.82, 2.24) is 8.87 Å². The van der Waals surface area contributed by atoms with Gasteiger partial charge in [0.25, 0.3) is 0 Å². The van der Waals surface area contributed by atoms with Crippen LogP contribution in [0.25, 0.3) is 0 Å². The molecule has 2 heterocycles. The van der Waals surface area contributed by atoms with Crippen molar-refractivity contribution in [3.8, 4) is 0 Å². The first-order chi connectivity index (χ1) is 9.06. The highest BCUT2D eigenvalue weighted by atomic mass is 35.5. The second kappa shape index (κ2) is 5.81. The van der Waals surface area contributed by atoms with Crippen molar-refractivity contribution in [3.05, 3.63) is 28.2 Å². The number of hydrogen-bond donors (Lipinski definition) is 2. The molecule has 0 aliphatic carbocycles. The number of rotatable bonds is 4. The Labute approximate surface area is 121 Å². The molecule has 0 spiro atoms. The van der Waals surface area contributed by atoms with Crippen LogP contribution in [0.15, 0.2) is 22.2 Å². The minimum atomic E-state index is 0.547. The monoisotopic (exact) mass is 298 g/mol. The maximum atomic E-state index is 10.9. The van der Waals surface area contributed by atoms with Crippen molar-refractivity contribution in [2.24, 2.45) is 12.8 Å². The number of carbonyl (C=O) groups is 1. The molecule has 0 fully saturated rings. The number of aromatic nitrogens is 1. The highest BCUT2D eigenvalue weighted by Crippen LogP contribution is 2.33. The van der Waals surface area contributed by atoms with Crippen molar-refractivity contribution < 1.29 is 4.79 Å². The van der Waals surface area contributed by atoms with Crippen LogP contribution in [0.5, 0.6) is 0 Å². The van der Waals surface area contributed by atoms with E-state index in [0.29, 0.717) is 17.4 Å². The molecule has 0 saturated heterocycles. The fourth-order valence-electron chi connectivity index (χ4n) is 1.88. The molecule has 0 atom stereocenters. The van der Waals surface area contributed by atoms with Gasteiger partial charge in [0.2, 0.25) is 0 Å². The molecular weight excluding hydrogens is 284 g/mol. The number of hydrogen-bond acceptors (Lipinski definition) is 5. The average Bonchev–Trinajstić information content (AvgIpc) is 2.68. The van der Waals surface area contributed by atoms with Gasteiger partial charge in [-0.3, -0.25) is 4.79 Å². The Kier molecular flexibility index (Phi) is 4.34. The summed E-state index contributed by atoms with van der Waals surface area (Å²) < 4.78 is 3.75. The van der Waals surface area contributed by atoms with Gasteiger partial charge in [0.05, 0.1) is 10.6 Å². The van der Waals surface area contributed by atoms with E-state index >= 15 is 0 Å². The lowest BCUT2D eigenvalue weighted by Crippen LogP contribution is -2.28. The molecule has 3 N–H and O–H groups in total. The fraction of sp³-hybridized carbons (Fsp3) is 0.333. The molecule has 2 rings (SSSR count). The Morgan fingerprint density at radius 3 is 2.89 bits per heavy atom. The Morgan fingerprint density at radius 1 is 1.58 bits per heavy atom. The summed E-state index contributed by atoms with van der Waals surface area (Å²) in [4.78, 5) is 11.7. The van der Waals surface area contributed by atoms with Gasteiger partial charge < -0.3 is 15.7 Å². The molecule has 5 nitrogen and oxygen atoms in total. The number of nitrogens with zero attached hydrogens (tertiary/aromatic N) is 2. The summed E-state index contributed by atoms with van der Waals surface area (Å²) in [5.74, 6) is 0. The Morgan fingerprint density at radius 2 is 2.32 bits per heavy atom. The SMILES string of the molecule is Cn1c(C=O)cc(SN2CCC(N)=C(C=N)C2)c1Cl. The zero-order chi connectivity index (χ0) is 14.0. The highest BCUT2D eigenvalue weighted by molar-refractivity contribution is 7.97. The summed E-state index contributed by atoms with van der Waals surface area (Å²) in [6.45, 7) is 1.41. The van der Waals surface area contributed by atoms with Crippen LogP contribution in [-0.4, -0.2) is 34.5 Å². The van der Waals surface area contributed by atoms with Gasteiger partial charge in [-0.05, 0) is 18.0 Å². The molecular formula is C12H15ClN4OS. The minimum Gasteiger partial charge on any atom is -0.402 e. The number of nitrogens with two attached hydrogens (primary N) is 1. The van der Waals surface area contributed by atoms with Gasteiger partial charge in [0.1, 0.15) is 5.15 Å². The number of nitrogens with one attached hydrogen (secondary N) is 1. The predicted octanol–water partition coefficient (Wildman–Crippen LogP) is 2.07. The molecule has 0 amide bonds. The third-order valence-corrected chi connectivity index (χ3v) is 4.72. The first-order valence-corrected chi connectivity index (χ1v) is 6.93. The third kappa shape index (κ3) is 2.86.